The van der Waals surface area contributed by atoms with Crippen LogP contribution in [0.15, 0.2) is 0 Å². The predicted molar refractivity (Wildman–Crippen MR) is 238 cm³/mol. The fourth-order valence-corrected chi connectivity index (χ4v) is 7.08. The highest BCUT2D eigenvalue weighted by Crippen LogP contribution is 2.15. The van der Waals surface area contributed by atoms with Crippen molar-refractivity contribution in [3.05, 3.63) is 0 Å². The van der Waals surface area contributed by atoms with Crippen LogP contribution >= 0.6 is 0 Å². The Labute approximate surface area is 364 Å². The highest BCUT2D eigenvalue weighted by molar-refractivity contribution is 5.90. The maximum absolute atomic E-state index is 13.1. The number of ether oxygens (including phenoxy) is 4. The zero-order chi connectivity index (χ0) is 44.3. The zero-order valence-corrected chi connectivity index (χ0v) is 38.7. The van der Waals surface area contributed by atoms with Crippen LogP contribution in [0.3, 0.4) is 0 Å². The first kappa shape index (κ1) is 56.8. The SMILES string of the molecule is CCCCCCCCCCCCCCCCOC(=O)CCC(NC(=O)CCC(=O)NC(CC(=O)OC)C(=O)OCC)C(=O)OCCCCCCCCCCCCCCCC. The van der Waals surface area contributed by atoms with E-state index in [9.17, 15) is 28.8 Å². The van der Waals surface area contributed by atoms with Gasteiger partial charge in [-0.3, -0.25) is 19.2 Å². The molecule has 2 amide bonds. The summed E-state index contributed by atoms with van der Waals surface area (Å²) >= 11 is 0. The lowest BCUT2D eigenvalue weighted by Gasteiger charge is -2.18. The van der Waals surface area contributed by atoms with Crippen molar-refractivity contribution >= 4 is 35.7 Å². The average molecular weight is 853 g/mol. The van der Waals surface area contributed by atoms with Crippen LogP contribution < -0.4 is 10.6 Å². The topological polar surface area (TPSA) is 163 Å². The molecule has 0 fully saturated rings. The minimum atomic E-state index is -1.26. The van der Waals surface area contributed by atoms with Crippen LogP contribution in [0.1, 0.15) is 233 Å². The first-order chi connectivity index (χ1) is 29.2. The Morgan fingerprint density at radius 1 is 0.400 bits per heavy atom. The van der Waals surface area contributed by atoms with E-state index in [4.69, 9.17) is 14.2 Å². The third-order valence-corrected chi connectivity index (χ3v) is 10.8. The molecule has 0 aliphatic heterocycles. The van der Waals surface area contributed by atoms with Crippen LogP contribution in [0, 0.1) is 0 Å². The summed E-state index contributed by atoms with van der Waals surface area (Å²) in [5, 5.41) is 5.04. The van der Waals surface area contributed by atoms with Crippen LogP contribution in [0.4, 0.5) is 0 Å². The van der Waals surface area contributed by atoms with Gasteiger partial charge in [-0.15, -0.1) is 0 Å². The fraction of sp³-hybridized carbons (Fsp3) is 0.875. The molecule has 12 nitrogen and oxygen atoms in total. The molecule has 0 aliphatic carbocycles. The van der Waals surface area contributed by atoms with Gasteiger partial charge in [0.15, 0.2) is 0 Å². The summed E-state index contributed by atoms with van der Waals surface area (Å²) < 4.78 is 20.5. The molecular weight excluding hydrogens is 765 g/mol. The van der Waals surface area contributed by atoms with E-state index in [1.54, 1.807) is 6.92 Å². The smallest absolute Gasteiger partial charge is 0.329 e. The van der Waals surface area contributed by atoms with Crippen molar-refractivity contribution in [2.45, 2.75) is 245 Å². The standard InChI is InChI=1S/C48H88N2O10/c1-5-8-10-12-14-16-18-20-22-24-26-28-30-32-38-59-45(53)37-34-41(47(55)60-39-33-31-29-27-25-23-21-19-17-15-13-11-9-6-2)49-43(51)35-36-44(52)50-42(40-46(54)57-4)48(56)58-7-3/h41-42H,5-40H2,1-4H3,(H,49,51)(H,50,52). The summed E-state index contributed by atoms with van der Waals surface area (Å²) in [6.07, 6.45) is 33.2. The molecule has 2 atom stereocenters. The van der Waals surface area contributed by atoms with Gasteiger partial charge in [0.2, 0.25) is 11.8 Å². The van der Waals surface area contributed by atoms with E-state index >= 15 is 0 Å². The summed E-state index contributed by atoms with van der Waals surface area (Å²) in [5.41, 5.74) is 0. The van der Waals surface area contributed by atoms with Gasteiger partial charge in [0.25, 0.3) is 0 Å². The van der Waals surface area contributed by atoms with Crippen LogP contribution in [-0.2, 0) is 47.7 Å². The Bertz CT molecular complexity index is 1100. The van der Waals surface area contributed by atoms with Crippen molar-refractivity contribution in [1.29, 1.82) is 0 Å². The molecule has 350 valence electrons. The largest absolute Gasteiger partial charge is 0.469 e. The molecule has 0 radical (unpaired) electrons. The van der Waals surface area contributed by atoms with Crippen molar-refractivity contribution in [3.63, 3.8) is 0 Å². The fourth-order valence-electron chi connectivity index (χ4n) is 7.08. The summed E-state index contributed by atoms with van der Waals surface area (Å²) in [6, 6.07) is -2.35. The first-order valence-electron chi connectivity index (χ1n) is 24.3. The van der Waals surface area contributed by atoms with E-state index in [2.05, 4.69) is 29.2 Å². The normalized spacial score (nSPS) is 12.0. The Kier molecular flexibility index (Phi) is 40.3. The molecule has 60 heavy (non-hydrogen) atoms. The van der Waals surface area contributed by atoms with E-state index in [0.717, 1.165) is 38.5 Å². The number of methoxy groups -OCH3 is 1. The van der Waals surface area contributed by atoms with Gasteiger partial charge in [0.1, 0.15) is 12.1 Å². The first-order valence-corrected chi connectivity index (χ1v) is 24.3. The number of carbonyl (C=O) groups excluding carboxylic acids is 6. The Balaban J connectivity index is 4.69. The van der Waals surface area contributed by atoms with Gasteiger partial charge in [-0.1, -0.05) is 181 Å². The quantitative estimate of drug-likeness (QED) is 0.0343. The lowest BCUT2D eigenvalue weighted by Crippen LogP contribution is -2.45. The molecule has 0 aliphatic rings. The molecule has 0 aromatic rings. The third kappa shape index (κ3) is 36.7. The van der Waals surface area contributed by atoms with Crippen LogP contribution in [0.2, 0.25) is 0 Å². The number of hydrogen-bond donors (Lipinski definition) is 2. The number of hydrogen-bond acceptors (Lipinski definition) is 10. The van der Waals surface area contributed by atoms with Gasteiger partial charge in [-0.2, -0.15) is 0 Å². The number of amides is 2. The number of unbranched alkanes of at least 4 members (excludes halogenated alkanes) is 26. The van der Waals surface area contributed by atoms with E-state index < -0.39 is 54.2 Å². The summed E-state index contributed by atoms with van der Waals surface area (Å²) in [7, 11) is 1.17. The van der Waals surface area contributed by atoms with Crippen LogP contribution in [0.25, 0.3) is 0 Å². The lowest BCUT2D eigenvalue weighted by atomic mass is 10.0. The summed E-state index contributed by atoms with van der Waals surface area (Å²) in [5.74, 6) is -3.84. The minimum Gasteiger partial charge on any atom is -0.469 e. The lowest BCUT2D eigenvalue weighted by molar-refractivity contribution is -0.152. The number of nitrogens with one attached hydrogen (secondary N) is 2. The molecule has 0 saturated heterocycles. The third-order valence-electron chi connectivity index (χ3n) is 10.8. The van der Waals surface area contributed by atoms with Crippen molar-refractivity contribution < 1.29 is 47.7 Å². The molecule has 12 heteroatoms. The van der Waals surface area contributed by atoms with E-state index in [1.807, 2.05) is 0 Å². The highest BCUT2D eigenvalue weighted by atomic mass is 16.5. The zero-order valence-electron chi connectivity index (χ0n) is 38.7. The molecule has 0 aromatic carbocycles. The van der Waals surface area contributed by atoms with Gasteiger partial charge in [0, 0.05) is 19.3 Å². The molecule has 0 heterocycles. The Morgan fingerprint density at radius 3 is 1.13 bits per heavy atom. The van der Waals surface area contributed by atoms with Crippen molar-refractivity contribution in [2.75, 3.05) is 26.9 Å². The second-order valence-electron chi connectivity index (χ2n) is 16.4. The molecule has 0 rings (SSSR count). The van der Waals surface area contributed by atoms with Gasteiger partial charge in [-0.05, 0) is 26.2 Å². The second-order valence-corrected chi connectivity index (χ2v) is 16.4. The van der Waals surface area contributed by atoms with E-state index in [0.29, 0.717) is 13.0 Å². The number of esters is 4. The Morgan fingerprint density at radius 2 is 0.750 bits per heavy atom. The highest BCUT2D eigenvalue weighted by Gasteiger charge is 2.27. The van der Waals surface area contributed by atoms with E-state index in [-0.39, 0.29) is 38.9 Å². The van der Waals surface area contributed by atoms with Crippen molar-refractivity contribution in [1.82, 2.24) is 10.6 Å². The van der Waals surface area contributed by atoms with Crippen molar-refractivity contribution in [3.8, 4) is 0 Å². The molecular formula is C48H88N2O10. The van der Waals surface area contributed by atoms with Crippen LogP contribution in [0.5, 0.6) is 0 Å². The average Bonchev–Trinajstić information content (AvgIpc) is 3.23. The maximum atomic E-state index is 13.1. The summed E-state index contributed by atoms with van der Waals surface area (Å²) in [4.78, 5) is 75.3. The monoisotopic (exact) mass is 853 g/mol. The maximum Gasteiger partial charge on any atom is 0.329 e. The molecule has 0 spiro atoms. The van der Waals surface area contributed by atoms with E-state index in [1.165, 1.54) is 142 Å². The predicted octanol–water partition coefficient (Wildman–Crippen LogP) is 10.7. The second kappa shape index (κ2) is 42.5. The Hall–Kier alpha value is -3.18. The summed E-state index contributed by atoms with van der Waals surface area (Å²) in [6.45, 7) is 6.68. The van der Waals surface area contributed by atoms with Gasteiger partial charge < -0.3 is 29.6 Å². The van der Waals surface area contributed by atoms with Gasteiger partial charge in [-0.25, -0.2) is 9.59 Å². The van der Waals surface area contributed by atoms with Crippen LogP contribution in [-0.4, -0.2) is 74.7 Å². The minimum absolute atomic E-state index is 0.00283. The number of rotatable bonds is 43. The molecule has 0 aromatic heterocycles. The van der Waals surface area contributed by atoms with Crippen molar-refractivity contribution in [2.24, 2.45) is 0 Å². The van der Waals surface area contributed by atoms with Gasteiger partial charge in [0.05, 0.1) is 33.4 Å². The molecule has 2 N–H and O–H groups in total. The molecule has 0 saturated carbocycles. The molecule has 0 bridgehead atoms. The number of carbonyl (C=O) groups is 6. The molecule has 2 unspecified atom stereocenters. The van der Waals surface area contributed by atoms with Gasteiger partial charge >= 0.3 is 23.9 Å².